The predicted octanol–water partition coefficient (Wildman–Crippen LogP) is 5.06. The summed E-state index contributed by atoms with van der Waals surface area (Å²) in [5.74, 6) is -3.52. The Morgan fingerprint density at radius 3 is 2.39 bits per heavy atom. The fourth-order valence-electron chi connectivity index (χ4n) is 3.30. The van der Waals surface area contributed by atoms with Gasteiger partial charge in [0.1, 0.15) is 5.82 Å². The van der Waals surface area contributed by atoms with Crippen LogP contribution in [0.25, 0.3) is 11.3 Å². The number of hydrogen-bond acceptors (Lipinski definition) is 4. The highest BCUT2D eigenvalue weighted by Crippen LogP contribution is 2.51. The fraction of sp³-hybridized carbons (Fsp3) is 0.474. The lowest BCUT2D eigenvalue weighted by molar-refractivity contribution is -0.160. The van der Waals surface area contributed by atoms with Crippen molar-refractivity contribution in [2.75, 3.05) is 13.2 Å². The molecule has 0 amide bonds. The van der Waals surface area contributed by atoms with Crippen LogP contribution in [0.5, 0.6) is 0 Å². The van der Waals surface area contributed by atoms with Gasteiger partial charge in [-0.1, -0.05) is 11.6 Å². The van der Waals surface area contributed by atoms with Gasteiger partial charge in [0.15, 0.2) is 5.54 Å². The van der Waals surface area contributed by atoms with Crippen LogP contribution < -0.4 is 0 Å². The molecule has 9 heteroatoms. The second-order valence-electron chi connectivity index (χ2n) is 6.59. The predicted molar refractivity (Wildman–Crippen MR) is 96.4 cm³/mol. The van der Waals surface area contributed by atoms with Gasteiger partial charge in [0, 0.05) is 18.8 Å². The minimum absolute atomic E-state index is 0.0926. The lowest BCUT2D eigenvalue weighted by Gasteiger charge is -2.43. The molecular formula is C19H19ClF3N3O2. The van der Waals surface area contributed by atoms with Crippen molar-refractivity contribution in [1.29, 1.82) is 5.26 Å². The number of nitriles is 1. The molecule has 0 unspecified atom stereocenters. The molecule has 3 rings (SSSR count). The Kier molecular flexibility index (Phi) is 5.71. The second-order valence-corrected chi connectivity index (χ2v) is 7.00. The van der Waals surface area contributed by atoms with Gasteiger partial charge in [-0.2, -0.15) is 10.4 Å². The number of ether oxygens (including phenoxy) is 2. The molecule has 1 aromatic heterocycles. The van der Waals surface area contributed by atoms with Crippen molar-refractivity contribution in [3.63, 3.8) is 0 Å². The fourth-order valence-corrected chi connectivity index (χ4v) is 3.49. The van der Waals surface area contributed by atoms with Gasteiger partial charge in [0.05, 0.1) is 35.3 Å². The third kappa shape index (κ3) is 3.75. The van der Waals surface area contributed by atoms with E-state index >= 15 is 0 Å². The Hall–Kier alpha value is -2.08. The molecule has 2 aromatic rings. The molecular weight excluding hydrogens is 395 g/mol. The van der Waals surface area contributed by atoms with Gasteiger partial charge in [-0.3, -0.25) is 0 Å². The van der Waals surface area contributed by atoms with Crippen LogP contribution in [-0.4, -0.2) is 28.9 Å². The average Bonchev–Trinajstić information content (AvgIpc) is 3.07. The summed E-state index contributed by atoms with van der Waals surface area (Å²) in [6.07, 6.45) is -2.19. The standard InChI is InChI=1S/C19H19ClF3N3O2/c1-3-27-17(28-4-2)16-8-15(12-5-6-14(21)13(20)7-12)25-26(16)18(11-24)9-19(22,23)10-18/h5-8,17H,3-4,9-10H2,1-2H3. The van der Waals surface area contributed by atoms with E-state index in [1.807, 2.05) is 6.07 Å². The van der Waals surface area contributed by atoms with E-state index in [9.17, 15) is 18.4 Å². The molecule has 0 N–H and O–H groups in total. The molecule has 0 spiro atoms. The van der Waals surface area contributed by atoms with E-state index in [0.29, 0.717) is 30.2 Å². The first-order chi connectivity index (χ1) is 13.2. The van der Waals surface area contributed by atoms with Crippen LogP contribution in [0, 0.1) is 17.1 Å². The van der Waals surface area contributed by atoms with Gasteiger partial charge in [0.2, 0.25) is 6.29 Å². The molecule has 28 heavy (non-hydrogen) atoms. The van der Waals surface area contributed by atoms with E-state index in [0.717, 1.165) is 0 Å². The molecule has 0 saturated heterocycles. The van der Waals surface area contributed by atoms with Crippen LogP contribution in [0.2, 0.25) is 5.02 Å². The summed E-state index contributed by atoms with van der Waals surface area (Å²) >= 11 is 5.85. The van der Waals surface area contributed by atoms with Gasteiger partial charge in [0.25, 0.3) is 5.92 Å². The number of nitrogens with zero attached hydrogens (tertiary/aromatic N) is 3. The number of alkyl halides is 2. The van der Waals surface area contributed by atoms with Crippen molar-refractivity contribution >= 4 is 11.6 Å². The lowest BCUT2D eigenvalue weighted by atomic mass is 9.74. The SMILES string of the molecule is CCOC(OCC)c1cc(-c2ccc(F)c(Cl)c2)nn1C1(C#N)CC(F)(F)C1. The number of aromatic nitrogens is 2. The highest BCUT2D eigenvalue weighted by atomic mass is 35.5. The number of halogens is 4. The summed E-state index contributed by atoms with van der Waals surface area (Å²) in [5, 5.41) is 13.9. The van der Waals surface area contributed by atoms with Crippen molar-refractivity contribution in [2.45, 2.75) is 44.4 Å². The van der Waals surface area contributed by atoms with E-state index in [2.05, 4.69) is 5.10 Å². The molecule has 1 fully saturated rings. The molecule has 150 valence electrons. The maximum atomic E-state index is 13.6. The summed E-state index contributed by atoms with van der Waals surface area (Å²) in [6, 6.07) is 7.62. The van der Waals surface area contributed by atoms with Crippen molar-refractivity contribution in [1.82, 2.24) is 9.78 Å². The van der Waals surface area contributed by atoms with Gasteiger partial charge in [-0.15, -0.1) is 0 Å². The average molecular weight is 414 g/mol. The van der Waals surface area contributed by atoms with Gasteiger partial charge in [-0.05, 0) is 38.1 Å². The zero-order valence-electron chi connectivity index (χ0n) is 15.4. The Morgan fingerprint density at radius 2 is 1.89 bits per heavy atom. The number of rotatable bonds is 7. The van der Waals surface area contributed by atoms with E-state index in [1.165, 1.54) is 22.9 Å². The minimum Gasteiger partial charge on any atom is -0.347 e. The molecule has 0 aliphatic heterocycles. The lowest BCUT2D eigenvalue weighted by Crippen LogP contribution is -2.53. The Morgan fingerprint density at radius 1 is 1.25 bits per heavy atom. The number of hydrogen-bond donors (Lipinski definition) is 0. The van der Waals surface area contributed by atoms with Crippen LogP contribution in [0.1, 0.15) is 38.7 Å². The summed E-state index contributed by atoms with van der Waals surface area (Å²) in [7, 11) is 0. The van der Waals surface area contributed by atoms with Crippen molar-refractivity contribution < 1.29 is 22.6 Å². The molecule has 0 atom stereocenters. The third-order valence-corrected chi connectivity index (χ3v) is 4.84. The zero-order chi connectivity index (χ0) is 20.5. The van der Waals surface area contributed by atoms with Crippen LogP contribution in [0.4, 0.5) is 13.2 Å². The Labute approximate surface area is 165 Å². The van der Waals surface area contributed by atoms with E-state index in [4.69, 9.17) is 21.1 Å². The molecule has 1 aromatic carbocycles. The molecule has 1 aliphatic carbocycles. The smallest absolute Gasteiger partial charge is 0.254 e. The van der Waals surface area contributed by atoms with Crippen LogP contribution in [0.15, 0.2) is 24.3 Å². The molecule has 1 saturated carbocycles. The monoisotopic (exact) mass is 413 g/mol. The van der Waals surface area contributed by atoms with Crippen LogP contribution in [0.3, 0.4) is 0 Å². The van der Waals surface area contributed by atoms with E-state index < -0.39 is 36.4 Å². The highest BCUT2D eigenvalue weighted by Gasteiger charge is 2.60. The molecule has 1 heterocycles. The van der Waals surface area contributed by atoms with Crippen molar-refractivity contribution in [3.05, 3.63) is 40.8 Å². The largest absolute Gasteiger partial charge is 0.347 e. The van der Waals surface area contributed by atoms with Gasteiger partial charge >= 0.3 is 0 Å². The second kappa shape index (κ2) is 7.74. The van der Waals surface area contributed by atoms with Crippen molar-refractivity contribution in [2.24, 2.45) is 0 Å². The highest BCUT2D eigenvalue weighted by molar-refractivity contribution is 6.31. The first-order valence-electron chi connectivity index (χ1n) is 8.83. The molecule has 0 bridgehead atoms. The minimum atomic E-state index is -2.94. The summed E-state index contributed by atoms with van der Waals surface area (Å²) in [5.41, 5.74) is -0.326. The van der Waals surface area contributed by atoms with Crippen molar-refractivity contribution in [3.8, 4) is 17.3 Å². The van der Waals surface area contributed by atoms with Gasteiger partial charge < -0.3 is 9.47 Å². The first kappa shape index (κ1) is 20.6. The maximum absolute atomic E-state index is 13.6. The van der Waals surface area contributed by atoms with Crippen LogP contribution in [-0.2, 0) is 15.0 Å². The summed E-state index contributed by atoms with van der Waals surface area (Å²) in [4.78, 5) is 0. The Bertz CT molecular complexity index is 896. The van der Waals surface area contributed by atoms with E-state index in [1.54, 1.807) is 19.9 Å². The molecule has 1 aliphatic rings. The topological polar surface area (TPSA) is 60.1 Å². The zero-order valence-corrected chi connectivity index (χ0v) is 16.1. The molecule has 0 radical (unpaired) electrons. The normalized spacial score (nSPS) is 17.4. The number of benzene rings is 1. The van der Waals surface area contributed by atoms with Gasteiger partial charge in [-0.25, -0.2) is 17.9 Å². The summed E-state index contributed by atoms with van der Waals surface area (Å²) < 4.78 is 53.2. The quantitative estimate of drug-likeness (QED) is 0.595. The maximum Gasteiger partial charge on any atom is 0.254 e. The Balaban J connectivity index is 2.12. The van der Waals surface area contributed by atoms with E-state index in [-0.39, 0.29) is 5.02 Å². The summed E-state index contributed by atoms with van der Waals surface area (Å²) in [6.45, 7) is 4.16. The first-order valence-corrected chi connectivity index (χ1v) is 9.21. The van der Waals surface area contributed by atoms with Crippen LogP contribution >= 0.6 is 11.6 Å². The third-order valence-electron chi connectivity index (χ3n) is 4.55. The molecule has 5 nitrogen and oxygen atoms in total.